The molecule has 2 atom stereocenters. The molecule has 0 aromatic rings. The fourth-order valence-electron chi connectivity index (χ4n) is 2.54. The number of aliphatic hydroxyl groups is 1. The van der Waals surface area contributed by atoms with E-state index in [9.17, 15) is 24.2 Å². The van der Waals surface area contributed by atoms with Crippen molar-refractivity contribution in [2.75, 3.05) is 26.4 Å². The molecule has 0 aromatic heterocycles. The van der Waals surface area contributed by atoms with Gasteiger partial charge >= 0.3 is 13.8 Å². The van der Waals surface area contributed by atoms with Crippen molar-refractivity contribution in [3.05, 3.63) is 36.5 Å². The van der Waals surface area contributed by atoms with Crippen LogP contribution < -0.4 is 5.32 Å². The van der Waals surface area contributed by atoms with E-state index in [1.54, 1.807) is 6.92 Å². The molecular formula is C24H42NO8P. The number of hydrogen-bond acceptors (Lipinski definition) is 7. The summed E-state index contributed by atoms with van der Waals surface area (Å²) in [6.45, 7) is 2.78. The highest BCUT2D eigenvalue weighted by molar-refractivity contribution is 7.47. The van der Waals surface area contributed by atoms with Gasteiger partial charge in [-0.2, -0.15) is 0 Å². The summed E-state index contributed by atoms with van der Waals surface area (Å²) in [5, 5.41) is 12.2. The predicted octanol–water partition coefficient (Wildman–Crippen LogP) is 4.36. The third-order valence-corrected chi connectivity index (χ3v) is 5.38. The highest BCUT2D eigenvalue weighted by atomic mass is 31.2. The number of phosphoric ester groups is 1. The van der Waals surface area contributed by atoms with Gasteiger partial charge in [-0.25, -0.2) is 4.57 Å². The number of phosphoric acid groups is 1. The van der Waals surface area contributed by atoms with Crippen molar-refractivity contribution in [2.24, 2.45) is 0 Å². The van der Waals surface area contributed by atoms with E-state index in [2.05, 4.69) is 57.7 Å². The first-order valence-electron chi connectivity index (χ1n) is 12.0. The van der Waals surface area contributed by atoms with E-state index in [4.69, 9.17) is 4.74 Å². The number of aliphatic hydroxyl groups excluding tert-OH is 1. The Bertz CT molecular complexity index is 678. The number of nitrogens with one attached hydrogen (secondary N) is 1. The number of carbonyl (C=O) groups is 2. The molecule has 0 spiro atoms. The summed E-state index contributed by atoms with van der Waals surface area (Å²) < 4.78 is 26.0. The van der Waals surface area contributed by atoms with Crippen LogP contribution in [0, 0.1) is 0 Å². The van der Waals surface area contributed by atoms with Gasteiger partial charge in [-0.3, -0.25) is 18.6 Å². The molecule has 0 fully saturated rings. The second-order valence-electron chi connectivity index (χ2n) is 7.53. The molecule has 0 heterocycles. The normalized spacial score (nSPS) is 14.6. The Morgan fingerprint density at radius 2 is 1.62 bits per heavy atom. The average molecular weight is 504 g/mol. The largest absolute Gasteiger partial charge is 0.472 e. The lowest BCUT2D eigenvalue weighted by atomic mass is 10.1. The van der Waals surface area contributed by atoms with Gasteiger partial charge in [-0.05, 0) is 38.5 Å². The van der Waals surface area contributed by atoms with E-state index < -0.39 is 26.5 Å². The second kappa shape index (κ2) is 21.7. The van der Waals surface area contributed by atoms with Crippen molar-refractivity contribution in [2.45, 2.75) is 77.7 Å². The molecule has 0 aliphatic heterocycles. The number of rotatable bonds is 21. The summed E-state index contributed by atoms with van der Waals surface area (Å²) in [5.41, 5.74) is 0. The molecule has 1 amide bonds. The summed E-state index contributed by atoms with van der Waals surface area (Å²) in [5.74, 6) is -0.645. The predicted molar refractivity (Wildman–Crippen MR) is 132 cm³/mol. The molecular weight excluding hydrogens is 461 g/mol. The van der Waals surface area contributed by atoms with Crippen LogP contribution in [0.5, 0.6) is 0 Å². The zero-order chi connectivity index (χ0) is 25.5. The number of hydrogen-bond donors (Lipinski definition) is 3. The summed E-state index contributed by atoms with van der Waals surface area (Å²) in [4.78, 5) is 32.3. The van der Waals surface area contributed by atoms with E-state index in [0.717, 1.165) is 38.5 Å². The zero-order valence-electron chi connectivity index (χ0n) is 20.5. The van der Waals surface area contributed by atoms with Crippen molar-refractivity contribution >= 4 is 19.7 Å². The summed E-state index contributed by atoms with van der Waals surface area (Å²) in [6, 6.07) is 0. The Labute approximate surface area is 203 Å². The van der Waals surface area contributed by atoms with Gasteiger partial charge in [-0.15, -0.1) is 0 Å². The van der Waals surface area contributed by atoms with Crippen LogP contribution in [-0.4, -0.2) is 54.3 Å². The van der Waals surface area contributed by atoms with Crippen LogP contribution >= 0.6 is 7.82 Å². The van der Waals surface area contributed by atoms with E-state index in [-0.39, 0.29) is 32.1 Å². The van der Waals surface area contributed by atoms with Crippen molar-refractivity contribution in [3.8, 4) is 0 Å². The third kappa shape index (κ3) is 22.0. The van der Waals surface area contributed by atoms with Crippen molar-refractivity contribution in [3.63, 3.8) is 0 Å². The third-order valence-electron chi connectivity index (χ3n) is 4.40. The van der Waals surface area contributed by atoms with Gasteiger partial charge in [0.05, 0.1) is 13.2 Å². The molecule has 10 heteroatoms. The van der Waals surface area contributed by atoms with Crippen molar-refractivity contribution < 1.29 is 37.9 Å². The Balaban J connectivity index is 3.72. The van der Waals surface area contributed by atoms with Gasteiger partial charge in [-0.1, -0.05) is 56.7 Å². The molecule has 0 saturated carbocycles. The summed E-state index contributed by atoms with van der Waals surface area (Å²) in [6.07, 6.45) is 18.7. The first kappa shape index (κ1) is 32.2. The van der Waals surface area contributed by atoms with Crippen molar-refractivity contribution in [1.82, 2.24) is 5.32 Å². The minimum absolute atomic E-state index is 0.0611. The van der Waals surface area contributed by atoms with Gasteiger partial charge in [0.2, 0.25) is 5.91 Å². The Morgan fingerprint density at radius 3 is 2.29 bits per heavy atom. The number of carbonyl (C=O) groups excluding carboxylic acids is 2. The molecule has 0 aromatic carbocycles. The van der Waals surface area contributed by atoms with E-state index in [1.165, 1.54) is 0 Å². The highest BCUT2D eigenvalue weighted by Crippen LogP contribution is 2.42. The molecule has 34 heavy (non-hydrogen) atoms. The second-order valence-corrected chi connectivity index (χ2v) is 8.98. The van der Waals surface area contributed by atoms with Crippen LogP contribution in [0.15, 0.2) is 36.5 Å². The lowest BCUT2D eigenvalue weighted by molar-refractivity contribution is -0.147. The fourth-order valence-corrected chi connectivity index (χ4v) is 3.30. The Morgan fingerprint density at radius 1 is 0.941 bits per heavy atom. The first-order chi connectivity index (χ1) is 16.3. The molecule has 9 nitrogen and oxygen atoms in total. The highest BCUT2D eigenvalue weighted by Gasteiger charge is 2.23. The van der Waals surface area contributed by atoms with E-state index >= 15 is 0 Å². The Kier molecular flexibility index (Phi) is 20.6. The van der Waals surface area contributed by atoms with Gasteiger partial charge in [0.25, 0.3) is 0 Å². The monoisotopic (exact) mass is 503 g/mol. The van der Waals surface area contributed by atoms with Crippen LogP contribution in [-0.2, 0) is 27.9 Å². The maximum Gasteiger partial charge on any atom is 0.472 e. The maximum atomic E-state index is 11.7. The molecule has 0 rings (SSSR count). The average Bonchev–Trinajstić information content (AvgIpc) is 2.82. The summed E-state index contributed by atoms with van der Waals surface area (Å²) in [7, 11) is -4.37. The van der Waals surface area contributed by atoms with Crippen LogP contribution in [0.25, 0.3) is 0 Å². The summed E-state index contributed by atoms with van der Waals surface area (Å²) >= 11 is 0. The standard InChI is InChI=1S/C24H42NO8P/c1-3-5-6-7-8-9-10-11-12-13-14-15-16-17-24(28)31-20-22(26)21-33-34(29,30)32-19-18-25-23(27)4-2/h5-6,8-9,11-12,22,26H,3-4,7,10,13-21H2,1-2H3,(H,25,27)(H,29,30)/b6-5-,9-8-,12-11-. The molecule has 196 valence electrons. The first-order valence-corrected chi connectivity index (χ1v) is 13.5. The van der Waals surface area contributed by atoms with Crippen LogP contribution in [0.3, 0.4) is 0 Å². The minimum Gasteiger partial charge on any atom is -0.463 e. The van der Waals surface area contributed by atoms with E-state index in [0.29, 0.717) is 12.8 Å². The molecule has 0 aliphatic rings. The molecule has 0 aliphatic carbocycles. The molecule has 0 bridgehead atoms. The molecule has 0 saturated heterocycles. The SMILES string of the molecule is CC/C=C\C/C=C\C/C=C\CCCCCC(=O)OCC(O)COP(=O)(O)OCCNC(=O)CC. The smallest absolute Gasteiger partial charge is 0.463 e. The number of esters is 1. The molecule has 0 radical (unpaired) electrons. The quantitative estimate of drug-likeness (QED) is 0.0911. The minimum atomic E-state index is -4.37. The Hall–Kier alpha value is -1.77. The maximum absolute atomic E-state index is 11.7. The number of allylic oxidation sites excluding steroid dienone is 6. The van der Waals surface area contributed by atoms with Crippen LogP contribution in [0.4, 0.5) is 0 Å². The van der Waals surface area contributed by atoms with E-state index in [1.807, 2.05) is 0 Å². The van der Waals surface area contributed by atoms with Gasteiger partial charge < -0.3 is 20.1 Å². The molecule has 3 N–H and O–H groups in total. The number of ether oxygens (including phenoxy) is 1. The fraction of sp³-hybridized carbons (Fsp3) is 0.667. The number of amides is 1. The van der Waals surface area contributed by atoms with Gasteiger partial charge in [0.1, 0.15) is 12.7 Å². The van der Waals surface area contributed by atoms with Crippen LogP contribution in [0.1, 0.15) is 71.6 Å². The lowest BCUT2D eigenvalue weighted by Gasteiger charge is -2.15. The zero-order valence-corrected chi connectivity index (χ0v) is 21.4. The lowest BCUT2D eigenvalue weighted by Crippen LogP contribution is -2.26. The number of unbranched alkanes of at least 4 members (excludes halogenated alkanes) is 3. The molecule has 2 unspecified atom stereocenters. The van der Waals surface area contributed by atoms with Gasteiger partial charge in [0.15, 0.2) is 0 Å². The van der Waals surface area contributed by atoms with Crippen molar-refractivity contribution in [1.29, 1.82) is 0 Å². The van der Waals surface area contributed by atoms with Crippen LogP contribution in [0.2, 0.25) is 0 Å². The topological polar surface area (TPSA) is 131 Å². The van der Waals surface area contributed by atoms with Gasteiger partial charge in [0, 0.05) is 19.4 Å².